The summed E-state index contributed by atoms with van der Waals surface area (Å²) >= 11 is 0. The summed E-state index contributed by atoms with van der Waals surface area (Å²) in [6, 6.07) is -0.304. The summed E-state index contributed by atoms with van der Waals surface area (Å²) < 4.78 is 0. The van der Waals surface area contributed by atoms with Crippen molar-refractivity contribution < 1.29 is 19.8 Å². The van der Waals surface area contributed by atoms with E-state index in [4.69, 9.17) is 5.11 Å². The quantitative estimate of drug-likeness (QED) is 0.634. The lowest BCUT2D eigenvalue weighted by atomic mass is 10.0. The summed E-state index contributed by atoms with van der Waals surface area (Å²) in [4.78, 5) is 23.7. The maximum absolute atomic E-state index is 11.6. The molecule has 2 amide bonds. The minimum atomic E-state index is -1.43. The van der Waals surface area contributed by atoms with E-state index in [1.54, 1.807) is 7.05 Å². The van der Waals surface area contributed by atoms with Crippen LogP contribution in [-0.2, 0) is 4.79 Å². The van der Waals surface area contributed by atoms with Crippen molar-refractivity contribution in [3.05, 3.63) is 0 Å². The van der Waals surface area contributed by atoms with Crippen molar-refractivity contribution in [1.29, 1.82) is 0 Å². The van der Waals surface area contributed by atoms with Crippen molar-refractivity contribution in [3.63, 3.8) is 0 Å². The number of rotatable bonds is 7. The van der Waals surface area contributed by atoms with Crippen LogP contribution in [0.5, 0.6) is 0 Å². The van der Waals surface area contributed by atoms with Crippen LogP contribution in [0.4, 0.5) is 4.79 Å². The zero-order valence-electron chi connectivity index (χ0n) is 11.6. The molecule has 0 spiro atoms. The van der Waals surface area contributed by atoms with Gasteiger partial charge in [-0.15, -0.1) is 0 Å². The molecular weight excluding hydrogens is 236 g/mol. The lowest BCUT2D eigenvalue weighted by Crippen LogP contribution is -2.46. The van der Waals surface area contributed by atoms with Crippen molar-refractivity contribution >= 4 is 12.0 Å². The molecule has 0 saturated heterocycles. The molecule has 1 unspecified atom stereocenters. The monoisotopic (exact) mass is 260 g/mol. The second-order valence-electron chi connectivity index (χ2n) is 5.33. The second-order valence-corrected chi connectivity index (χ2v) is 5.33. The Kier molecular flexibility index (Phi) is 6.68. The molecule has 3 N–H and O–H groups in total. The molecule has 0 fully saturated rings. The van der Waals surface area contributed by atoms with Gasteiger partial charge in [0, 0.05) is 20.1 Å². The zero-order valence-corrected chi connectivity index (χ0v) is 11.6. The molecule has 0 aliphatic rings. The normalized spacial score (nSPS) is 14.1. The van der Waals surface area contributed by atoms with Gasteiger partial charge in [-0.05, 0) is 19.3 Å². The summed E-state index contributed by atoms with van der Waals surface area (Å²) in [6.45, 7) is 6.08. The smallest absolute Gasteiger partial charge is 0.317 e. The number of hydrogen-bond acceptors (Lipinski definition) is 3. The molecule has 0 radical (unpaired) electrons. The van der Waals surface area contributed by atoms with Crippen molar-refractivity contribution in [2.45, 2.75) is 39.2 Å². The number of carboxylic acid groups (broad SMARTS) is 1. The molecule has 6 heteroatoms. The first-order chi connectivity index (χ1) is 8.14. The summed E-state index contributed by atoms with van der Waals surface area (Å²) in [5.41, 5.74) is -1.43. The Hall–Kier alpha value is -1.30. The van der Waals surface area contributed by atoms with Crippen LogP contribution in [0.15, 0.2) is 0 Å². The van der Waals surface area contributed by atoms with E-state index in [0.717, 1.165) is 6.42 Å². The molecule has 0 aromatic heterocycles. The van der Waals surface area contributed by atoms with Gasteiger partial charge in [-0.3, -0.25) is 4.79 Å². The standard InChI is InChI=1S/C12H24N2O4/c1-9(2)5-6-14(4)11(17)13-8-12(3,18)7-10(15)16/h9,18H,5-8H2,1-4H3,(H,13,17)(H,15,16). The first-order valence-corrected chi connectivity index (χ1v) is 6.07. The highest BCUT2D eigenvalue weighted by Crippen LogP contribution is 2.07. The molecular formula is C12H24N2O4. The van der Waals surface area contributed by atoms with E-state index in [-0.39, 0.29) is 12.6 Å². The first-order valence-electron chi connectivity index (χ1n) is 6.07. The fraction of sp³-hybridized carbons (Fsp3) is 0.833. The van der Waals surface area contributed by atoms with E-state index >= 15 is 0 Å². The Labute approximate surface area is 108 Å². The fourth-order valence-corrected chi connectivity index (χ4v) is 1.34. The number of urea groups is 1. The third-order valence-corrected chi connectivity index (χ3v) is 2.54. The van der Waals surface area contributed by atoms with Gasteiger partial charge in [-0.25, -0.2) is 4.79 Å². The Morgan fingerprint density at radius 1 is 1.39 bits per heavy atom. The van der Waals surface area contributed by atoms with Crippen molar-refractivity contribution in [3.8, 4) is 0 Å². The first kappa shape index (κ1) is 16.7. The van der Waals surface area contributed by atoms with Gasteiger partial charge in [0.1, 0.15) is 0 Å². The van der Waals surface area contributed by atoms with Crippen LogP contribution >= 0.6 is 0 Å². The second kappa shape index (κ2) is 7.20. The van der Waals surface area contributed by atoms with Crippen LogP contribution in [0.3, 0.4) is 0 Å². The number of carbonyl (C=O) groups is 2. The van der Waals surface area contributed by atoms with Crippen molar-refractivity contribution in [2.75, 3.05) is 20.1 Å². The molecule has 0 heterocycles. The molecule has 18 heavy (non-hydrogen) atoms. The molecule has 0 aliphatic heterocycles. The topological polar surface area (TPSA) is 89.9 Å². The summed E-state index contributed by atoms with van der Waals surface area (Å²) in [5.74, 6) is -0.585. The van der Waals surface area contributed by atoms with Crippen LogP contribution in [0.25, 0.3) is 0 Å². The molecule has 106 valence electrons. The van der Waals surface area contributed by atoms with Gasteiger partial charge in [0.05, 0.1) is 12.0 Å². The van der Waals surface area contributed by atoms with Crippen molar-refractivity contribution in [1.82, 2.24) is 10.2 Å². The molecule has 0 rings (SSSR count). The van der Waals surface area contributed by atoms with E-state index in [0.29, 0.717) is 12.5 Å². The van der Waals surface area contributed by atoms with E-state index in [1.165, 1.54) is 11.8 Å². The highest BCUT2D eigenvalue weighted by Gasteiger charge is 2.25. The highest BCUT2D eigenvalue weighted by molar-refractivity contribution is 5.74. The average Bonchev–Trinajstić information content (AvgIpc) is 2.20. The third kappa shape index (κ3) is 7.89. The van der Waals surface area contributed by atoms with E-state index in [2.05, 4.69) is 19.2 Å². The number of aliphatic hydroxyl groups is 1. The third-order valence-electron chi connectivity index (χ3n) is 2.54. The van der Waals surface area contributed by atoms with Gasteiger partial charge in [-0.1, -0.05) is 13.8 Å². The molecule has 0 bridgehead atoms. The number of nitrogens with one attached hydrogen (secondary N) is 1. The van der Waals surface area contributed by atoms with Crippen LogP contribution in [0.1, 0.15) is 33.6 Å². The zero-order chi connectivity index (χ0) is 14.3. The van der Waals surface area contributed by atoms with E-state index < -0.39 is 18.0 Å². The number of carbonyl (C=O) groups excluding carboxylic acids is 1. The van der Waals surface area contributed by atoms with Gasteiger partial charge < -0.3 is 20.4 Å². The van der Waals surface area contributed by atoms with Crippen molar-refractivity contribution in [2.24, 2.45) is 5.92 Å². The van der Waals surface area contributed by atoms with Crippen LogP contribution in [0.2, 0.25) is 0 Å². The Balaban J connectivity index is 4.05. The number of carboxylic acids is 1. The minimum absolute atomic E-state index is 0.0792. The molecule has 0 saturated carbocycles. The maximum atomic E-state index is 11.6. The predicted molar refractivity (Wildman–Crippen MR) is 68.4 cm³/mol. The number of nitrogens with zero attached hydrogens (tertiary/aromatic N) is 1. The minimum Gasteiger partial charge on any atom is -0.481 e. The van der Waals surface area contributed by atoms with Gasteiger partial charge in [0.2, 0.25) is 0 Å². The van der Waals surface area contributed by atoms with Crippen LogP contribution in [0, 0.1) is 5.92 Å². The van der Waals surface area contributed by atoms with Crippen LogP contribution < -0.4 is 5.32 Å². The Morgan fingerprint density at radius 3 is 2.39 bits per heavy atom. The van der Waals surface area contributed by atoms with Gasteiger partial charge in [0.25, 0.3) is 0 Å². The lowest BCUT2D eigenvalue weighted by molar-refractivity contribution is -0.141. The predicted octanol–water partition coefficient (Wildman–Crippen LogP) is 0.900. The van der Waals surface area contributed by atoms with Crippen LogP contribution in [-0.4, -0.2) is 52.9 Å². The molecule has 0 aromatic carbocycles. The largest absolute Gasteiger partial charge is 0.481 e. The lowest BCUT2D eigenvalue weighted by Gasteiger charge is -2.24. The number of amides is 2. The summed E-state index contributed by atoms with van der Waals surface area (Å²) in [6.07, 6.45) is 0.498. The summed E-state index contributed by atoms with van der Waals surface area (Å²) in [7, 11) is 1.67. The Bertz CT molecular complexity index is 290. The van der Waals surface area contributed by atoms with E-state index in [1.807, 2.05) is 0 Å². The van der Waals surface area contributed by atoms with Gasteiger partial charge in [-0.2, -0.15) is 0 Å². The van der Waals surface area contributed by atoms with Gasteiger partial charge in [0.15, 0.2) is 0 Å². The Morgan fingerprint density at radius 2 is 1.94 bits per heavy atom. The highest BCUT2D eigenvalue weighted by atomic mass is 16.4. The maximum Gasteiger partial charge on any atom is 0.317 e. The van der Waals surface area contributed by atoms with E-state index in [9.17, 15) is 14.7 Å². The summed E-state index contributed by atoms with van der Waals surface area (Å²) in [5, 5.41) is 20.8. The van der Waals surface area contributed by atoms with Gasteiger partial charge >= 0.3 is 12.0 Å². The molecule has 0 aromatic rings. The number of aliphatic carboxylic acids is 1. The average molecular weight is 260 g/mol. The number of hydrogen-bond donors (Lipinski definition) is 3. The SMILES string of the molecule is CC(C)CCN(C)C(=O)NCC(C)(O)CC(=O)O. The molecule has 0 aliphatic carbocycles. The molecule has 1 atom stereocenters. The fourth-order valence-electron chi connectivity index (χ4n) is 1.34. The molecule has 6 nitrogen and oxygen atoms in total.